The van der Waals surface area contributed by atoms with E-state index in [-0.39, 0.29) is 0 Å². The number of nitrogens with one attached hydrogen (secondary N) is 1. The maximum Gasteiger partial charge on any atom is 0.179 e. The van der Waals surface area contributed by atoms with Crippen molar-refractivity contribution in [3.8, 4) is 11.5 Å². The van der Waals surface area contributed by atoms with Crippen LogP contribution >= 0.6 is 11.6 Å². The fraction of sp³-hybridized carbons (Fsp3) is 0.600. The van der Waals surface area contributed by atoms with Gasteiger partial charge in [-0.25, -0.2) is 0 Å². The lowest BCUT2D eigenvalue weighted by Gasteiger charge is -2.39. The second-order valence-electron chi connectivity index (χ2n) is 5.63. The largest absolute Gasteiger partial charge is 0.486 e. The highest BCUT2D eigenvalue weighted by atomic mass is 35.5. The highest BCUT2D eigenvalue weighted by Crippen LogP contribution is 2.38. The van der Waals surface area contributed by atoms with Gasteiger partial charge in [0.05, 0.1) is 5.02 Å². The van der Waals surface area contributed by atoms with E-state index in [0.29, 0.717) is 36.1 Å². The molecule has 5 heteroatoms. The van der Waals surface area contributed by atoms with Gasteiger partial charge < -0.3 is 14.8 Å². The second kappa shape index (κ2) is 5.80. The van der Waals surface area contributed by atoms with Gasteiger partial charge in [0.25, 0.3) is 0 Å². The van der Waals surface area contributed by atoms with E-state index in [0.717, 1.165) is 25.4 Å². The summed E-state index contributed by atoms with van der Waals surface area (Å²) in [7, 11) is 0. The molecule has 20 heavy (non-hydrogen) atoms. The summed E-state index contributed by atoms with van der Waals surface area (Å²) < 4.78 is 11.2. The minimum Gasteiger partial charge on any atom is -0.486 e. The molecule has 3 rings (SSSR count). The number of hydrogen-bond donors (Lipinski definition) is 1. The van der Waals surface area contributed by atoms with Crippen molar-refractivity contribution in [2.45, 2.75) is 32.5 Å². The fourth-order valence-electron chi connectivity index (χ4n) is 2.95. The van der Waals surface area contributed by atoms with Crippen molar-refractivity contribution in [1.82, 2.24) is 10.2 Å². The highest BCUT2D eigenvalue weighted by Gasteiger charge is 2.25. The van der Waals surface area contributed by atoms with Crippen molar-refractivity contribution in [2.24, 2.45) is 0 Å². The summed E-state index contributed by atoms with van der Waals surface area (Å²) in [6, 6.07) is 5.09. The molecule has 1 fully saturated rings. The lowest BCUT2D eigenvalue weighted by molar-refractivity contribution is 0.108. The zero-order chi connectivity index (χ0) is 14.1. The average Bonchev–Trinajstić information content (AvgIpc) is 2.43. The van der Waals surface area contributed by atoms with Crippen LogP contribution in [0.2, 0.25) is 5.02 Å². The molecule has 1 aromatic rings. The molecule has 2 atom stereocenters. The number of piperazine rings is 1. The Morgan fingerprint density at radius 1 is 1.20 bits per heavy atom. The summed E-state index contributed by atoms with van der Waals surface area (Å²) in [6.07, 6.45) is 0. The van der Waals surface area contributed by atoms with Crippen LogP contribution in [0.1, 0.15) is 19.4 Å². The van der Waals surface area contributed by atoms with Crippen molar-refractivity contribution in [3.05, 3.63) is 22.7 Å². The molecule has 0 aliphatic carbocycles. The quantitative estimate of drug-likeness (QED) is 0.908. The Balaban J connectivity index is 1.82. The standard InChI is InChI=1S/C15H21ClN2O2/c1-10-7-17-8-11(2)18(10)9-12-5-13(16)15-14(6-12)19-3-4-20-15/h5-6,10-11,17H,3-4,7-9H2,1-2H3. The molecule has 1 N–H and O–H groups in total. The van der Waals surface area contributed by atoms with Gasteiger partial charge in [-0.15, -0.1) is 0 Å². The summed E-state index contributed by atoms with van der Waals surface area (Å²) in [6.45, 7) is 8.61. The van der Waals surface area contributed by atoms with E-state index < -0.39 is 0 Å². The van der Waals surface area contributed by atoms with Gasteiger partial charge in [0.2, 0.25) is 0 Å². The smallest absolute Gasteiger partial charge is 0.179 e. The molecular weight excluding hydrogens is 276 g/mol. The summed E-state index contributed by atoms with van der Waals surface area (Å²) >= 11 is 6.30. The molecule has 2 aliphatic heterocycles. The lowest BCUT2D eigenvalue weighted by atomic mass is 10.1. The van der Waals surface area contributed by atoms with Gasteiger partial charge in [0.1, 0.15) is 13.2 Å². The number of benzene rings is 1. The van der Waals surface area contributed by atoms with Gasteiger partial charge in [0, 0.05) is 31.7 Å². The van der Waals surface area contributed by atoms with Crippen LogP contribution in [0.25, 0.3) is 0 Å². The van der Waals surface area contributed by atoms with Crippen molar-refractivity contribution in [3.63, 3.8) is 0 Å². The van der Waals surface area contributed by atoms with Gasteiger partial charge in [-0.1, -0.05) is 11.6 Å². The van der Waals surface area contributed by atoms with E-state index in [1.165, 1.54) is 5.56 Å². The van der Waals surface area contributed by atoms with E-state index in [1.54, 1.807) is 0 Å². The number of ether oxygens (including phenoxy) is 2. The Morgan fingerprint density at radius 3 is 2.65 bits per heavy atom. The molecule has 0 radical (unpaired) electrons. The van der Waals surface area contributed by atoms with Crippen LogP contribution in [0.3, 0.4) is 0 Å². The predicted molar refractivity (Wildman–Crippen MR) is 79.8 cm³/mol. The average molecular weight is 297 g/mol. The van der Waals surface area contributed by atoms with Gasteiger partial charge in [-0.05, 0) is 31.5 Å². The fourth-order valence-corrected chi connectivity index (χ4v) is 3.24. The van der Waals surface area contributed by atoms with Crippen LogP contribution in [-0.2, 0) is 6.54 Å². The molecule has 0 bridgehead atoms. The first-order valence-corrected chi connectivity index (χ1v) is 7.57. The van der Waals surface area contributed by atoms with Gasteiger partial charge >= 0.3 is 0 Å². The van der Waals surface area contributed by atoms with Gasteiger partial charge in [0.15, 0.2) is 11.5 Å². The lowest BCUT2D eigenvalue weighted by Crippen LogP contribution is -2.54. The number of halogens is 1. The molecule has 1 aromatic carbocycles. The number of rotatable bonds is 2. The molecule has 0 saturated carbocycles. The molecule has 1 saturated heterocycles. The number of fused-ring (bicyclic) bond motifs is 1. The minimum absolute atomic E-state index is 0.519. The maximum atomic E-state index is 6.30. The van der Waals surface area contributed by atoms with Crippen LogP contribution in [0.5, 0.6) is 11.5 Å². The number of hydrogen-bond acceptors (Lipinski definition) is 4. The minimum atomic E-state index is 0.519. The van der Waals surface area contributed by atoms with Gasteiger partial charge in [-0.3, -0.25) is 4.90 Å². The van der Waals surface area contributed by atoms with E-state index in [9.17, 15) is 0 Å². The Morgan fingerprint density at radius 2 is 1.90 bits per heavy atom. The third kappa shape index (κ3) is 2.73. The summed E-state index contributed by atoms with van der Waals surface area (Å²) in [5, 5.41) is 4.09. The van der Waals surface area contributed by atoms with Crippen molar-refractivity contribution in [2.75, 3.05) is 26.3 Å². The molecule has 4 nitrogen and oxygen atoms in total. The van der Waals surface area contributed by atoms with Crippen LogP contribution in [0, 0.1) is 0 Å². The first-order chi connectivity index (χ1) is 9.65. The van der Waals surface area contributed by atoms with E-state index >= 15 is 0 Å². The summed E-state index contributed by atoms with van der Waals surface area (Å²) in [5.41, 5.74) is 1.18. The molecular formula is C15H21ClN2O2. The van der Waals surface area contributed by atoms with Crippen LogP contribution in [-0.4, -0.2) is 43.3 Å². The Kier molecular flexibility index (Phi) is 4.06. The molecule has 0 aromatic heterocycles. The zero-order valence-corrected chi connectivity index (χ0v) is 12.7. The zero-order valence-electron chi connectivity index (χ0n) is 12.0. The highest BCUT2D eigenvalue weighted by molar-refractivity contribution is 6.32. The van der Waals surface area contributed by atoms with Gasteiger partial charge in [-0.2, -0.15) is 0 Å². The first kappa shape index (κ1) is 14.0. The summed E-state index contributed by atoms with van der Waals surface area (Å²) in [5.74, 6) is 1.46. The summed E-state index contributed by atoms with van der Waals surface area (Å²) in [4.78, 5) is 2.50. The third-order valence-electron chi connectivity index (χ3n) is 4.03. The molecule has 110 valence electrons. The molecule has 0 amide bonds. The molecule has 0 spiro atoms. The van der Waals surface area contributed by atoms with Crippen molar-refractivity contribution in [1.29, 1.82) is 0 Å². The molecule has 2 unspecified atom stereocenters. The number of nitrogens with zero attached hydrogens (tertiary/aromatic N) is 1. The maximum absolute atomic E-state index is 6.30. The van der Waals surface area contributed by atoms with Crippen molar-refractivity contribution < 1.29 is 9.47 Å². The Labute approximate surface area is 125 Å². The van der Waals surface area contributed by atoms with E-state index in [4.69, 9.17) is 21.1 Å². The first-order valence-electron chi connectivity index (χ1n) is 7.19. The van der Waals surface area contributed by atoms with Crippen LogP contribution < -0.4 is 14.8 Å². The second-order valence-corrected chi connectivity index (χ2v) is 6.04. The van der Waals surface area contributed by atoms with Crippen molar-refractivity contribution >= 4 is 11.6 Å². The Hall–Kier alpha value is -0.970. The third-order valence-corrected chi connectivity index (χ3v) is 4.31. The van der Waals surface area contributed by atoms with Crippen LogP contribution in [0.4, 0.5) is 0 Å². The topological polar surface area (TPSA) is 33.7 Å². The predicted octanol–water partition coefficient (Wildman–Crippen LogP) is 2.29. The van der Waals surface area contributed by atoms with E-state index in [1.807, 2.05) is 6.07 Å². The molecule has 2 aliphatic rings. The molecule has 2 heterocycles. The normalized spacial score (nSPS) is 26.6. The van der Waals surface area contributed by atoms with E-state index in [2.05, 4.69) is 30.1 Å². The monoisotopic (exact) mass is 296 g/mol. The Bertz CT molecular complexity index is 485. The SMILES string of the molecule is CC1CNCC(C)N1Cc1cc(Cl)c2c(c1)OCCO2. The van der Waals surface area contributed by atoms with Crippen LogP contribution in [0.15, 0.2) is 12.1 Å².